The molecule has 7 heteroatoms. The maximum atomic E-state index is 13.1. The third-order valence-electron chi connectivity index (χ3n) is 9.45. The van der Waals surface area contributed by atoms with Crippen LogP contribution >= 0.6 is 0 Å². The van der Waals surface area contributed by atoms with Crippen molar-refractivity contribution in [2.75, 3.05) is 18.4 Å². The van der Waals surface area contributed by atoms with E-state index in [9.17, 15) is 9.59 Å². The van der Waals surface area contributed by atoms with Crippen molar-refractivity contribution < 1.29 is 9.59 Å². The molecule has 0 bridgehead atoms. The van der Waals surface area contributed by atoms with E-state index in [4.69, 9.17) is 4.98 Å². The van der Waals surface area contributed by atoms with Gasteiger partial charge in [-0.3, -0.25) is 9.78 Å². The number of nitrogens with zero attached hydrogens (tertiary/aromatic N) is 2. The number of benzene rings is 2. The van der Waals surface area contributed by atoms with E-state index < -0.39 is 5.41 Å². The minimum Gasteiger partial charge on any atom is -0.312 e. The zero-order chi connectivity index (χ0) is 27.9. The summed E-state index contributed by atoms with van der Waals surface area (Å²) in [6, 6.07) is 21.0. The SMILES string of the molecule is O=CC1(NCC(CNCc2cnc3cc4c(cc3c2)C[C@@]2(C4)C(=O)Nc3ncccc32)c2ccccc2)CCCC1. The van der Waals surface area contributed by atoms with Gasteiger partial charge in [-0.05, 0) is 72.2 Å². The zero-order valence-corrected chi connectivity index (χ0v) is 23.2. The van der Waals surface area contributed by atoms with Gasteiger partial charge in [0.2, 0.25) is 5.91 Å². The first-order valence-electron chi connectivity index (χ1n) is 14.7. The minimum absolute atomic E-state index is 0.0405. The molecule has 208 valence electrons. The topological polar surface area (TPSA) is 96.0 Å². The monoisotopic (exact) mass is 545 g/mol. The van der Waals surface area contributed by atoms with Crippen LogP contribution in [0.1, 0.15) is 59.4 Å². The number of rotatable bonds is 9. The van der Waals surface area contributed by atoms with Crippen LogP contribution in [-0.4, -0.2) is 40.8 Å². The molecule has 7 rings (SSSR count). The molecule has 0 radical (unpaired) electrons. The standard InChI is InChI=1S/C34H35N5O2/c40-22-33(10-4-5-11-33)38-21-28(24-7-2-1-3-8-24)20-35-18-23-13-25-14-26-16-34(17-27(26)15-30(25)37-19-23)29-9-6-12-36-31(29)39-32(34)41/h1-3,6-9,12-15,19,22,28,35,38H,4-5,10-11,16-18,20-21H2,(H,36,39,41)/t28?,34-/m0/s1. The predicted molar refractivity (Wildman–Crippen MR) is 160 cm³/mol. The van der Waals surface area contributed by atoms with Crippen LogP contribution in [0.15, 0.2) is 73.1 Å². The third kappa shape index (κ3) is 4.73. The number of aromatic nitrogens is 2. The Labute approximate surface area is 240 Å². The van der Waals surface area contributed by atoms with E-state index in [-0.39, 0.29) is 17.4 Å². The van der Waals surface area contributed by atoms with Crippen LogP contribution in [0.25, 0.3) is 10.9 Å². The van der Waals surface area contributed by atoms with E-state index in [0.29, 0.717) is 25.2 Å². The van der Waals surface area contributed by atoms with Crippen LogP contribution in [0.3, 0.4) is 0 Å². The van der Waals surface area contributed by atoms with E-state index in [0.717, 1.165) is 67.1 Å². The highest BCUT2D eigenvalue weighted by atomic mass is 16.2. The third-order valence-corrected chi connectivity index (χ3v) is 9.45. The van der Waals surface area contributed by atoms with E-state index in [1.807, 2.05) is 24.4 Å². The molecule has 2 aromatic heterocycles. The van der Waals surface area contributed by atoms with Crippen molar-refractivity contribution >= 4 is 28.9 Å². The Bertz CT molecular complexity index is 1610. The first-order valence-corrected chi connectivity index (χ1v) is 14.7. The Balaban J connectivity index is 1.06. The molecule has 3 N–H and O–H groups in total. The summed E-state index contributed by atoms with van der Waals surface area (Å²) in [6.45, 7) is 2.25. The average Bonchev–Trinajstić information content (AvgIpc) is 3.70. The van der Waals surface area contributed by atoms with Crippen molar-refractivity contribution in [3.05, 3.63) is 101 Å². The van der Waals surface area contributed by atoms with Crippen LogP contribution in [0.4, 0.5) is 5.82 Å². The molecule has 2 aliphatic carbocycles. The molecule has 1 spiro atoms. The summed E-state index contributed by atoms with van der Waals surface area (Å²) >= 11 is 0. The Morgan fingerprint density at radius 1 is 0.951 bits per heavy atom. The van der Waals surface area contributed by atoms with Crippen LogP contribution in [0.5, 0.6) is 0 Å². The molecule has 4 aromatic rings. The lowest BCUT2D eigenvalue weighted by Gasteiger charge is -2.27. The quantitative estimate of drug-likeness (QED) is 0.266. The first kappa shape index (κ1) is 26.0. The van der Waals surface area contributed by atoms with Gasteiger partial charge in [0.15, 0.2) is 0 Å². The molecule has 1 saturated carbocycles. The fraction of sp³-hybridized carbons (Fsp3) is 0.353. The molecule has 41 heavy (non-hydrogen) atoms. The minimum atomic E-state index is -0.574. The number of hydrogen-bond acceptors (Lipinski definition) is 6. The van der Waals surface area contributed by atoms with Gasteiger partial charge in [-0.1, -0.05) is 49.2 Å². The van der Waals surface area contributed by atoms with Crippen molar-refractivity contribution in [1.29, 1.82) is 0 Å². The Kier molecular flexibility index (Phi) is 6.64. The van der Waals surface area contributed by atoms with Crippen molar-refractivity contribution in [3.8, 4) is 0 Å². The molecule has 1 fully saturated rings. The lowest BCUT2D eigenvalue weighted by molar-refractivity contribution is -0.120. The van der Waals surface area contributed by atoms with E-state index in [1.165, 1.54) is 16.7 Å². The first-order chi connectivity index (χ1) is 20.1. The largest absolute Gasteiger partial charge is 0.312 e. The van der Waals surface area contributed by atoms with E-state index in [1.54, 1.807) is 6.20 Å². The number of fused-ring (bicyclic) bond motifs is 4. The highest BCUT2D eigenvalue weighted by molar-refractivity contribution is 6.06. The molecule has 0 saturated heterocycles. The summed E-state index contributed by atoms with van der Waals surface area (Å²) in [5, 5.41) is 11.4. The van der Waals surface area contributed by atoms with E-state index in [2.05, 4.69) is 63.4 Å². The molecule has 7 nitrogen and oxygen atoms in total. The summed E-state index contributed by atoms with van der Waals surface area (Å²) in [6.07, 6.45) is 10.2. The summed E-state index contributed by atoms with van der Waals surface area (Å²) in [5.74, 6) is 0.977. The number of anilines is 1. The van der Waals surface area contributed by atoms with Gasteiger partial charge in [-0.15, -0.1) is 0 Å². The molecular formula is C34H35N5O2. The number of hydrogen-bond donors (Lipinski definition) is 3. The molecule has 1 unspecified atom stereocenters. The maximum Gasteiger partial charge on any atom is 0.237 e. The Morgan fingerprint density at radius 2 is 1.76 bits per heavy atom. The molecular weight excluding hydrogens is 510 g/mol. The van der Waals surface area contributed by atoms with Crippen LogP contribution in [-0.2, 0) is 34.4 Å². The number of nitrogens with one attached hydrogen (secondary N) is 3. The van der Waals surface area contributed by atoms with E-state index >= 15 is 0 Å². The van der Waals surface area contributed by atoms with Gasteiger partial charge in [-0.25, -0.2) is 4.98 Å². The summed E-state index contributed by atoms with van der Waals surface area (Å²) in [7, 11) is 0. The van der Waals surface area contributed by atoms with Gasteiger partial charge < -0.3 is 20.7 Å². The van der Waals surface area contributed by atoms with Crippen molar-refractivity contribution in [3.63, 3.8) is 0 Å². The zero-order valence-electron chi connectivity index (χ0n) is 23.2. The lowest BCUT2D eigenvalue weighted by Crippen LogP contribution is -2.47. The van der Waals surface area contributed by atoms with Gasteiger partial charge in [-0.2, -0.15) is 0 Å². The predicted octanol–water partition coefficient (Wildman–Crippen LogP) is 4.59. The number of pyridine rings is 2. The molecule has 3 aliphatic rings. The van der Waals surface area contributed by atoms with Gasteiger partial charge >= 0.3 is 0 Å². The van der Waals surface area contributed by atoms with Crippen LogP contribution in [0, 0.1) is 0 Å². The van der Waals surface area contributed by atoms with Crippen LogP contribution in [0.2, 0.25) is 0 Å². The summed E-state index contributed by atoms with van der Waals surface area (Å²) in [5.41, 5.74) is 5.80. The fourth-order valence-electron chi connectivity index (χ4n) is 7.13. The van der Waals surface area contributed by atoms with Gasteiger partial charge in [0.1, 0.15) is 12.1 Å². The Hall–Kier alpha value is -3.94. The highest BCUT2D eigenvalue weighted by Crippen LogP contribution is 2.47. The smallest absolute Gasteiger partial charge is 0.237 e. The maximum absolute atomic E-state index is 13.1. The molecule has 1 aliphatic heterocycles. The summed E-state index contributed by atoms with van der Waals surface area (Å²) < 4.78 is 0. The average molecular weight is 546 g/mol. The van der Waals surface area contributed by atoms with Crippen molar-refractivity contribution in [1.82, 2.24) is 20.6 Å². The molecule has 2 aromatic carbocycles. The summed E-state index contributed by atoms with van der Waals surface area (Å²) in [4.78, 5) is 34.2. The number of aldehydes is 1. The highest BCUT2D eigenvalue weighted by Gasteiger charge is 2.51. The number of carbonyl (C=O) groups is 2. The second kappa shape index (κ2) is 10.5. The van der Waals surface area contributed by atoms with Gasteiger partial charge in [0.25, 0.3) is 0 Å². The second-order valence-corrected chi connectivity index (χ2v) is 12.0. The fourth-order valence-corrected chi connectivity index (χ4v) is 7.13. The van der Waals surface area contributed by atoms with Gasteiger partial charge in [0.05, 0.1) is 16.5 Å². The Morgan fingerprint density at radius 3 is 2.56 bits per heavy atom. The molecule has 2 atom stereocenters. The van der Waals surface area contributed by atoms with Crippen molar-refractivity contribution in [2.45, 2.75) is 61.9 Å². The van der Waals surface area contributed by atoms with Crippen LogP contribution < -0.4 is 16.0 Å². The lowest BCUT2D eigenvalue weighted by atomic mass is 9.79. The van der Waals surface area contributed by atoms with Gasteiger partial charge in [0, 0.05) is 48.9 Å². The number of amides is 1. The second-order valence-electron chi connectivity index (χ2n) is 12.0. The number of carbonyl (C=O) groups excluding carboxylic acids is 2. The molecule has 3 heterocycles. The molecule has 1 amide bonds. The van der Waals surface area contributed by atoms with Crippen molar-refractivity contribution in [2.24, 2.45) is 0 Å². The normalized spacial score (nSPS) is 21.1.